The molecule has 4 aromatic carbocycles. The molecule has 0 fully saturated rings. The summed E-state index contributed by atoms with van der Waals surface area (Å²) < 4.78 is 12.7. The van der Waals surface area contributed by atoms with Crippen LogP contribution in [0.4, 0.5) is 11.4 Å². The van der Waals surface area contributed by atoms with Crippen molar-refractivity contribution >= 4 is 45.1 Å². The number of esters is 1. The summed E-state index contributed by atoms with van der Waals surface area (Å²) in [6.07, 6.45) is 1.90. The van der Waals surface area contributed by atoms with Gasteiger partial charge in [0.1, 0.15) is 5.69 Å². The van der Waals surface area contributed by atoms with Gasteiger partial charge in [-0.05, 0) is 54.6 Å². The lowest BCUT2D eigenvalue weighted by Gasteiger charge is -2.45. The molecule has 1 spiro atoms. The van der Waals surface area contributed by atoms with Gasteiger partial charge in [-0.25, -0.2) is 4.79 Å². The number of ether oxygens (including phenoxy) is 2. The first-order chi connectivity index (χ1) is 16.7. The molecule has 1 unspecified atom stereocenters. The predicted octanol–water partition coefficient (Wildman–Crippen LogP) is 6.69. The van der Waals surface area contributed by atoms with Gasteiger partial charge in [-0.3, -0.25) is 4.99 Å². The first-order valence-electron chi connectivity index (χ1n) is 11.7. The van der Waals surface area contributed by atoms with E-state index in [-0.39, 0.29) is 0 Å². The summed E-state index contributed by atoms with van der Waals surface area (Å²) in [6, 6.07) is 22.4. The van der Waals surface area contributed by atoms with Crippen molar-refractivity contribution in [2.75, 3.05) is 11.9 Å². The fourth-order valence-corrected chi connectivity index (χ4v) is 5.53. The van der Waals surface area contributed by atoms with Gasteiger partial charge in [0.2, 0.25) is 5.72 Å². The number of anilines is 1. The van der Waals surface area contributed by atoms with E-state index in [4.69, 9.17) is 14.5 Å². The molecule has 5 heteroatoms. The Bertz CT molecular complexity index is 1600. The van der Waals surface area contributed by atoms with Gasteiger partial charge < -0.3 is 14.4 Å². The molecule has 4 aromatic rings. The third-order valence-electron chi connectivity index (χ3n) is 7.41. The molecule has 0 aliphatic carbocycles. The highest BCUT2D eigenvalue weighted by atomic mass is 16.6. The first kappa shape index (κ1) is 21.4. The Hall–Kier alpha value is -4.12. The molecule has 5 nitrogen and oxygen atoms in total. The molecular weight excluding hydrogens is 436 g/mol. The second kappa shape index (κ2) is 7.19. The minimum Gasteiger partial charge on any atom is -0.456 e. The Balaban J connectivity index is 1.58. The van der Waals surface area contributed by atoms with Crippen LogP contribution in [0.1, 0.15) is 26.3 Å². The number of hydrogen-bond donors (Lipinski definition) is 0. The highest BCUT2D eigenvalue weighted by Gasteiger charge is 2.59. The van der Waals surface area contributed by atoms with Crippen LogP contribution in [0.5, 0.6) is 11.5 Å². The molecule has 2 heterocycles. The van der Waals surface area contributed by atoms with E-state index in [2.05, 4.69) is 61.7 Å². The standard InChI is InChI=1S/C30H26N2O3/c1-18(2)28(33)34-24-16-20-11-7-9-13-22(20)26-27(24)35-30(17-31-26)29(3,4)25-21-12-8-6-10-19(21)14-15-23(25)32(30)5/h6-17H,1H2,2-5H3. The Morgan fingerprint density at radius 2 is 1.69 bits per heavy atom. The fourth-order valence-electron chi connectivity index (χ4n) is 5.53. The zero-order valence-electron chi connectivity index (χ0n) is 20.3. The van der Waals surface area contributed by atoms with Crippen molar-refractivity contribution in [2.45, 2.75) is 31.9 Å². The molecule has 1 atom stereocenters. The van der Waals surface area contributed by atoms with E-state index in [9.17, 15) is 4.79 Å². The second-order valence-electron chi connectivity index (χ2n) is 9.86. The largest absolute Gasteiger partial charge is 0.456 e. The lowest BCUT2D eigenvalue weighted by Crippen LogP contribution is -2.61. The second-order valence-corrected chi connectivity index (χ2v) is 9.86. The zero-order chi connectivity index (χ0) is 24.5. The molecule has 0 bridgehead atoms. The molecule has 0 saturated carbocycles. The molecular formula is C30H26N2O3. The van der Waals surface area contributed by atoms with Crippen molar-refractivity contribution in [2.24, 2.45) is 4.99 Å². The summed E-state index contributed by atoms with van der Waals surface area (Å²) in [5.41, 5.74) is 1.88. The Labute approximate surface area is 204 Å². The fraction of sp³-hybridized carbons (Fsp3) is 0.200. The van der Waals surface area contributed by atoms with Crippen LogP contribution in [0.2, 0.25) is 0 Å². The smallest absolute Gasteiger partial charge is 0.338 e. The van der Waals surface area contributed by atoms with Gasteiger partial charge in [0, 0.05) is 23.7 Å². The predicted molar refractivity (Wildman–Crippen MR) is 141 cm³/mol. The molecule has 0 aromatic heterocycles. The van der Waals surface area contributed by atoms with Gasteiger partial charge in [-0.1, -0.05) is 61.2 Å². The molecule has 0 N–H and O–H groups in total. The van der Waals surface area contributed by atoms with Crippen LogP contribution in [0.3, 0.4) is 0 Å². The summed E-state index contributed by atoms with van der Waals surface area (Å²) >= 11 is 0. The normalized spacial score (nSPS) is 19.5. The van der Waals surface area contributed by atoms with Crippen LogP contribution < -0.4 is 14.4 Å². The van der Waals surface area contributed by atoms with E-state index in [1.807, 2.05) is 43.6 Å². The van der Waals surface area contributed by atoms with Crippen LogP contribution in [0, 0.1) is 0 Å². The zero-order valence-corrected chi connectivity index (χ0v) is 20.3. The molecule has 2 aliphatic heterocycles. The number of rotatable bonds is 2. The highest BCUT2D eigenvalue weighted by Crippen LogP contribution is 2.57. The summed E-state index contributed by atoms with van der Waals surface area (Å²) in [4.78, 5) is 19.7. The summed E-state index contributed by atoms with van der Waals surface area (Å²) in [7, 11) is 2.03. The molecule has 2 aliphatic rings. The average molecular weight is 463 g/mol. The summed E-state index contributed by atoms with van der Waals surface area (Å²) in [6.45, 7) is 9.73. The molecule has 35 heavy (non-hydrogen) atoms. The maximum atomic E-state index is 12.5. The average Bonchev–Trinajstić information content (AvgIpc) is 3.02. The van der Waals surface area contributed by atoms with Crippen molar-refractivity contribution in [3.63, 3.8) is 0 Å². The van der Waals surface area contributed by atoms with Crippen LogP contribution >= 0.6 is 0 Å². The maximum Gasteiger partial charge on any atom is 0.338 e. The topological polar surface area (TPSA) is 51.1 Å². The van der Waals surface area contributed by atoms with Gasteiger partial charge in [0.25, 0.3) is 0 Å². The van der Waals surface area contributed by atoms with Crippen molar-refractivity contribution in [1.82, 2.24) is 0 Å². The minimum absolute atomic E-state index is 0.318. The number of likely N-dealkylation sites (N-methyl/N-ethyl adjacent to an activating group) is 1. The molecule has 6 rings (SSSR count). The summed E-state index contributed by atoms with van der Waals surface area (Å²) in [5, 5.41) is 4.22. The van der Waals surface area contributed by atoms with Crippen LogP contribution in [-0.2, 0) is 10.2 Å². The number of nitrogens with zero attached hydrogens (tertiary/aromatic N) is 2. The quantitative estimate of drug-likeness (QED) is 0.189. The van der Waals surface area contributed by atoms with E-state index in [0.717, 1.165) is 16.5 Å². The summed E-state index contributed by atoms with van der Waals surface area (Å²) in [5.74, 6) is 0.300. The van der Waals surface area contributed by atoms with E-state index >= 15 is 0 Å². The first-order valence-corrected chi connectivity index (χ1v) is 11.7. The lowest BCUT2D eigenvalue weighted by atomic mass is 9.76. The maximum absolute atomic E-state index is 12.5. The number of hydrogen-bond acceptors (Lipinski definition) is 5. The number of carbonyl (C=O) groups excluding carboxylic acids is 1. The van der Waals surface area contributed by atoms with E-state index in [1.165, 1.54) is 16.3 Å². The number of fused-ring (bicyclic) bond motifs is 6. The van der Waals surface area contributed by atoms with Gasteiger partial charge in [-0.15, -0.1) is 0 Å². The van der Waals surface area contributed by atoms with Crippen LogP contribution in [-0.4, -0.2) is 25.0 Å². The third-order valence-corrected chi connectivity index (χ3v) is 7.41. The third kappa shape index (κ3) is 2.81. The van der Waals surface area contributed by atoms with Gasteiger partial charge in [0.15, 0.2) is 11.5 Å². The number of aliphatic imine (C=N–C) groups is 1. The minimum atomic E-state index is -0.917. The van der Waals surface area contributed by atoms with Crippen molar-refractivity contribution in [1.29, 1.82) is 0 Å². The SMILES string of the molecule is C=C(C)C(=O)Oc1cc2ccccc2c2c1OC1(C=N2)N(C)c2ccc3ccccc3c2C1(C)C. The van der Waals surface area contributed by atoms with Crippen LogP contribution in [0.25, 0.3) is 21.5 Å². The van der Waals surface area contributed by atoms with Crippen molar-refractivity contribution < 1.29 is 14.3 Å². The monoisotopic (exact) mass is 462 g/mol. The lowest BCUT2D eigenvalue weighted by molar-refractivity contribution is -0.130. The number of benzene rings is 4. The highest BCUT2D eigenvalue weighted by molar-refractivity contribution is 6.04. The van der Waals surface area contributed by atoms with Crippen molar-refractivity contribution in [3.8, 4) is 11.5 Å². The molecule has 0 radical (unpaired) electrons. The Morgan fingerprint density at radius 3 is 2.43 bits per heavy atom. The van der Waals surface area contributed by atoms with Crippen LogP contribution in [0.15, 0.2) is 83.9 Å². The van der Waals surface area contributed by atoms with E-state index < -0.39 is 17.1 Å². The Kier molecular flexibility index (Phi) is 4.40. The molecule has 174 valence electrons. The van der Waals surface area contributed by atoms with Gasteiger partial charge in [0.05, 0.1) is 11.6 Å². The number of carbonyl (C=O) groups is 1. The van der Waals surface area contributed by atoms with E-state index in [1.54, 1.807) is 6.92 Å². The molecule has 0 saturated heterocycles. The Morgan fingerprint density at radius 1 is 1.00 bits per heavy atom. The van der Waals surface area contributed by atoms with Gasteiger partial charge >= 0.3 is 5.97 Å². The van der Waals surface area contributed by atoms with Crippen molar-refractivity contribution in [3.05, 3.63) is 84.4 Å². The van der Waals surface area contributed by atoms with E-state index in [0.29, 0.717) is 22.8 Å². The molecule has 0 amide bonds. The van der Waals surface area contributed by atoms with Gasteiger partial charge in [-0.2, -0.15) is 0 Å².